The largest absolute Gasteiger partial charge is 0.493 e. The number of aliphatic hydroxyl groups excluding tert-OH is 1. The second-order valence-electron chi connectivity index (χ2n) is 9.23. The van der Waals surface area contributed by atoms with Crippen molar-refractivity contribution in [1.29, 1.82) is 0 Å². The molecular formula is C27H28F3N3O4. The summed E-state index contributed by atoms with van der Waals surface area (Å²) in [6.07, 6.45) is -2.97. The van der Waals surface area contributed by atoms with Crippen LogP contribution in [0.4, 0.5) is 30.4 Å². The molecule has 10 heteroatoms. The number of carbonyl (C=O) groups is 1. The Hall–Kier alpha value is -3.79. The molecule has 0 bridgehead atoms. The standard InChI is InChI=1S/C27H28F3N3O4/c1-16(2)14-36-23-9-8-18(11-21(23)27(28,29)30)32-26(35)20-5-4-6-22-25(20)37-15-19(13-34)33(22)24-10-7-17(3)12-31-24/h4-12,16,19,34H,13-15H2,1-3H3,(H,32,35)/t19-/m0/s1. The summed E-state index contributed by atoms with van der Waals surface area (Å²) >= 11 is 0. The van der Waals surface area contributed by atoms with Gasteiger partial charge in [-0.25, -0.2) is 4.98 Å². The minimum atomic E-state index is -4.66. The average molecular weight is 516 g/mol. The Labute approximate surface area is 212 Å². The molecule has 1 aliphatic heterocycles. The molecule has 0 unspecified atom stereocenters. The van der Waals surface area contributed by atoms with Gasteiger partial charge >= 0.3 is 6.18 Å². The fourth-order valence-corrected chi connectivity index (χ4v) is 3.95. The van der Waals surface area contributed by atoms with Crippen LogP contribution < -0.4 is 19.7 Å². The number of anilines is 3. The molecule has 37 heavy (non-hydrogen) atoms. The molecule has 0 saturated heterocycles. The molecule has 2 N–H and O–H groups in total. The number of pyridine rings is 1. The van der Waals surface area contributed by atoms with Crippen molar-refractivity contribution in [1.82, 2.24) is 4.98 Å². The SMILES string of the molecule is Cc1ccc(N2c3cccc(C(=O)Nc4ccc(OCC(C)C)c(C(F)(F)F)c4)c3OC[C@@H]2CO)nc1. The first-order valence-electron chi connectivity index (χ1n) is 11.8. The van der Waals surface area contributed by atoms with Crippen LogP contribution >= 0.6 is 0 Å². The Kier molecular flexibility index (Phi) is 7.58. The monoisotopic (exact) mass is 515 g/mol. The summed E-state index contributed by atoms with van der Waals surface area (Å²) in [7, 11) is 0. The maximum atomic E-state index is 13.7. The fourth-order valence-electron chi connectivity index (χ4n) is 3.95. The Morgan fingerprint density at radius 3 is 2.68 bits per heavy atom. The fraction of sp³-hybridized carbons (Fsp3) is 0.333. The number of amides is 1. The smallest absolute Gasteiger partial charge is 0.420 e. The highest BCUT2D eigenvalue weighted by molar-refractivity contribution is 6.07. The Bertz CT molecular complexity index is 1260. The Morgan fingerprint density at radius 1 is 1.24 bits per heavy atom. The van der Waals surface area contributed by atoms with Gasteiger partial charge in [0.15, 0.2) is 5.75 Å². The molecule has 0 fully saturated rings. The molecule has 0 radical (unpaired) electrons. The van der Waals surface area contributed by atoms with Crippen LogP contribution in [0.2, 0.25) is 0 Å². The van der Waals surface area contributed by atoms with E-state index in [0.29, 0.717) is 11.5 Å². The summed E-state index contributed by atoms with van der Waals surface area (Å²) in [5.74, 6) is -0.0700. The molecule has 0 spiro atoms. The van der Waals surface area contributed by atoms with E-state index in [0.717, 1.165) is 11.6 Å². The van der Waals surface area contributed by atoms with Crippen molar-refractivity contribution in [3.05, 3.63) is 71.4 Å². The van der Waals surface area contributed by atoms with Crippen LogP contribution in [0.15, 0.2) is 54.7 Å². The first kappa shape index (κ1) is 26.3. The van der Waals surface area contributed by atoms with E-state index < -0.39 is 23.7 Å². The quantitative estimate of drug-likeness (QED) is 0.427. The van der Waals surface area contributed by atoms with Crippen LogP contribution in [0.1, 0.15) is 35.3 Å². The number of hydrogen-bond donors (Lipinski definition) is 2. The van der Waals surface area contributed by atoms with Crippen LogP contribution in [0.3, 0.4) is 0 Å². The second kappa shape index (κ2) is 10.7. The Balaban J connectivity index is 1.65. The van der Waals surface area contributed by atoms with E-state index in [1.54, 1.807) is 29.3 Å². The van der Waals surface area contributed by atoms with Crippen molar-refractivity contribution in [2.24, 2.45) is 5.92 Å². The lowest BCUT2D eigenvalue weighted by atomic mass is 10.1. The number of aliphatic hydroxyl groups is 1. The van der Waals surface area contributed by atoms with E-state index in [1.165, 1.54) is 18.2 Å². The lowest BCUT2D eigenvalue weighted by Gasteiger charge is -2.37. The van der Waals surface area contributed by atoms with Crippen molar-refractivity contribution in [2.75, 3.05) is 30.0 Å². The normalized spacial score (nSPS) is 15.2. The number of carbonyl (C=O) groups excluding carboxylic acids is 1. The topological polar surface area (TPSA) is 83.9 Å². The van der Waals surface area contributed by atoms with E-state index >= 15 is 0 Å². The number of aromatic nitrogens is 1. The van der Waals surface area contributed by atoms with E-state index in [4.69, 9.17) is 9.47 Å². The zero-order chi connectivity index (χ0) is 26.7. The molecule has 0 saturated carbocycles. The van der Waals surface area contributed by atoms with Gasteiger partial charge in [-0.05, 0) is 54.8 Å². The van der Waals surface area contributed by atoms with Crippen LogP contribution in [0.5, 0.6) is 11.5 Å². The van der Waals surface area contributed by atoms with Gasteiger partial charge in [0.25, 0.3) is 5.91 Å². The molecule has 4 rings (SSSR count). The van der Waals surface area contributed by atoms with Gasteiger partial charge in [0.2, 0.25) is 0 Å². The summed E-state index contributed by atoms with van der Waals surface area (Å²) in [5, 5.41) is 12.5. The third-order valence-corrected chi connectivity index (χ3v) is 5.75. The number of nitrogens with zero attached hydrogens (tertiary/aromatic N) is 2. The van der Waals surface area contributed by atoms with Gasteiger partial charge < -0.3 is 24.8 Å². The molecule has 1 amide bonds. The van der Waals surface area contributed by atoms with Crippen molar-refractivity contribution in [3.8, 4) is 11.5 Å². The summed E-state index contributed by atoms with van der Waals surface area (Å²) in [6, 6.07) is 11.6. The number of halogens is 3. The van der Waals surface area contributed by atoms with Gasteiger partial charge in [0.05, 0.1) is 36.1 Å². The van der Waals surface area contributed by atoms with Crippen LogP contribution in [-0.4, -0.2) is 41.9 Å². The maximum absolute atomic E-state index is 13.7. The highest BCUT2D eigenvalue weighted by atomic mass is 19.4. The van der Waals surface area contributed by atoms with E-state index in [9.17, 15) is 23.1 Å². The van der Waals surface area contributed by atoms with Gasteiger partial charge in [-0.15, -0.1) is 0 Å². The molecular weight excluding hydrogens is 487 g/mol. The van der Waals surface area contributed by atoms with Crippen molar-refractivity contribution >= 4 is 23.1 Å². The summed E-state index contributed by atoms with van der Waals surface area (Å²) in [5.41, 5.74) is 0.611. The maximum Gasteiger partial charge on any atom is 0.420 e. The van der Waals surface area contributed by atoms with Crippen molar-refractivity contribution in [3.63, 3.8) is 0 Å². The molecule has 196 valence electrons. The van der Waals surface area contributed by atoms with Gasteiger partial charge in [-0.1, -0.05) is 26.0 Å². The van der Waals surface area contributed by atoms with E-state index in [2.05, 4.69) is 10.3 Å². The van der Waals surface area contributed by atoms with Crippen molar-refractivity contribution < 1.29 is 32.5 Å². The number of hydrogen-bond acceptors (Lipinski definition) is 6. The zero-order valence-electron chi connectivity index (χ0n) is 20.7. The van der Waals surface area contributed by atoms with E-state index in [1.807, 2.05) is 26.8 Å². The number of alkyl halides is 3. The lowest BCUT2D eigenvalue weighted by molar-refractivity contribution is -0.139. The Morgan fingerprint density at radius 2 is 2.03 bits per heavy atom. The highest BCUT2D eigenvalue weighted by Gasteiger charge is 2.35. The highest BCUT2D eigenvalue weighted by Crippen LogP contribution is 2.42. The number of benzene rings is 2. The number of nitrogens with one attached hydrogen (secondary N) is 1. The van der Waals surface area contributed by atoms with Gasteiger partial charge in [-0.2, -0.15) is 13.2 Å². The predicted octanol–water partition coefficient (Wildman–Crippen LogP) is 5.59. The number of rotatable bonds is 7. The average Bonchev–Trinajstić information content (AvgIpc) is 2.86. The molecule has 3 aromatic rings. The van der Waals surface area contributed by atoms with Gasteiger partial charge in [0.1, 0.15) is 18.2 Å². The molecule has 2 aromatic carbocycles. The van der Waals surface area contributed by atoms with E-state index in [-0.39, 0.29) is 48.5 Å². The van der Waals surface area contributed by atoms with Gasteiger partial charge in [-0.3, -0.25) is 4.79 Å². The van der Waals surface area contributed by atoms with Crippen LogP contribution in [-0.2, 0) is 6.18 Å². The number of fused-ring (bicyclic) bond motifs is 1. The summed E-state index contributed by atoms with van der Waals surface area (Å²) in [6.45, 7) is 5.58. The van der Waals surface area contributed by atoms with Crippen molar-refractivity contribution in [2.45, 2.75) is 33.0 Å². The summed E-state index contributed by atoms with van der Waals surface area (Å²) < 4.78 is 52.3. The minimum Gasteiger partial charge on any atom is -0.493 e. The first-order valence-corrected chi connectivity index (χ1v) is 11.8. The van der Waals surface area contributed by atoms with Gasteiger partial charge in [0, 0.05) is 11.9 Å². The number of ether oxygens (including phenoxy) is 2. The molecule has 1 atom stereocenters. The third-order valence-electron chi connectivity index (χ3n) is 5.75. The predicted molar refractivity (Wildman–Crippen MR) is 134 cm³/mol. The number of para-hydroxylation sites is 1. The molecule has 0 aliphatic carbocycles. The third kappa shape index (κ3) is 5.80. The second-order valence-corrected chi connectivity index (χ2v) is 9.23. The van der Waals surface area contributed by atoms with Crippen LogP contribution in [0, 0.1) is 12.8 Å². The summed E-state index contributed by atoms with van der Waals surface area (Å²) in [4.78, 5) is 19.4. The zero-order valence-corrected chi connectivity index (χ0v) is 20.7. The molecule has 7 nitrogen and oxygen atoms in total. The molecule has 1 aromatic heterocycles. The minimum absolute atomic E-state index is 0.0343. The van der Waals surface area contributed by atoms with Crippen LogP contribution in [0.25, 0.3) is 0 Å². The number of aryl methyl sites for hydroxylation is 1. The molecule has 1 aliphatic rings. The molecule has 2 heterocycles. The lowest BCUT2D eigenvalue weighted by Crippen LogP contribution is -2.43. The first-order chi connectivity index (χ1) is 17.6.